The molecule has 2 aromatic carbocycles. The molecule has 1 amide bonds. The smallest absolute Gasteiger partial charge is 0.231 e. The monoisotopic (exact) mass is 393 g/mol. The zero-order valence-electron chi connectivity index (χ0n) is 15.8. The van der Waals surface area contributed by atoms with E-state index in [1.54, 1.807) is 13.2 Å². The van der Waals surface area contributed by atoms with Crippen molar-refractivity contribution >= 4 is 11.7 Å². The van der Waals surface area contributed by atoms with E-state index in [2.05, 4.69) is 15.3 Å². The molecule has 2 heterocycles. The summed E-state index contributed by atoms with van der Waals surface area (Å²) >= 11 is 0. The lowest BCUT2D eigenvalue weighted by Crippen LogP contribution is -2.16. The van der Waals surface area contributed by atoms with Crippen molar-refractivity contribution in [1.29, 1.82) is 0 Å². The molecule has 29 heavy (non-hydrogen) atoms. The highest BCUT2D eigenvalue weighted by Crippen LogP contribution is 2.32. The standard InChI is InChI=1S/C21H19N3O5/c1-26-16-5-3-2-4-15(16)9-20(25)24-19-10-21(23-12-22-19)27-11-14-6-7-17-18(8-14)29-13-28-17/h2-8,10,12H,9,11,13H2,1H3,(H,22,23,24,25). The number of rotatable bonds is 7. The van der Waals surface area contributed by atoms with E-state index in [9.17, 15) is 4.79 Å². The maximum Gasteiger partial charge on any atom is 0.231 e. The lowest BCUT2D eigenvalue weighted by atomic mass is 10.1. The quantitative estimate of drug-likeness (QED) is 0.660. The van der Waals surface area contributed by atoms with Crippen LogP contribution in [0.25, 0.3) is 0 Å². The zero-order chi connectivity index (χ0) is 20.1. The van der Waals surface area contributed by atoms with Gasteiger partial charge in [0.25, 0.3) is 0 Å². The van der Waals surface area contributed by atoms with Crippen LogP contribution in [0.4, 0.5) is 5.82 Å². The van der Waals surface area contributed by atoms with E-state index in [-0.39, 0.29) is 19.1 Å². The third-order valence-electron chi connectivity index (χ3n) is 4.28. The second kappa shape index (κ2) is 8.47. The summed E-state index contributed by atoms with van der Waals surface area (Å²) in [4.78, 5) is 20.5. The van der Waals surface area contributed by atoms with E-state index in [1.807, 2.05) is 42.5 Å². The first-order chi connectivity index (χ1) is 14.2. The van der Waals surface area contributed by atoms with Crippen LogP contribution in [0.15, 0.2) is 54.9 Å². The van der Waals surface area contributed by atoms with Gasteiger partial charge < -0.3 is 24.3 Å². The number of anilines is 1. The van der Waals surface area contributed by atoms with Gasteiger partial charge >= 0.3 is 0 Å². The molecule has 148 valence electrons. The molecule has 0 radical (unpaired) electrons. The van der Waals surface area contributed by atoms with Gasteiger partial charge in [0.1, 0.15) is 24.5 Å². The first-order valence-electron chi connectivity index (χ1n) is 8.96. The van der Waals surface area contributed by atoms with E-state index >= 15 is 0 Å². The van der Waals surface area contributed by atoms with E-state index in [0.717, 1.165) is 16.9 Å². The van der Waals surface area contributed by atoms with Crippen LogP contribution >= 0.6 is 0 Å². The number of nitrogens with zero attached hydrogens (tertiary/aromatic N) is 2. The van der Waals surface area contributed by atoms with Gasteiger partial charge in [-0.25, -0.2) is 9.97 Å². The Bertz CT molecular complexity index is 1020. The van der Waals surface area contributed by atoms with Crippen molar-refractivity contribution in [2.45, 2.75) is 13.0 Å². The van der Waals surface area contributed by atoms with Gasteiger partial charge in [-0.15, -0.1) is 0 Å². The number of para-hydroxylation sites is 1. The van der Waals surface area contributed by atoms with E-state index < -0.39 is 0 Å². The van der Waals surface area contributed by atoms with Crippen molar-refractivity contribution in [2.75, 3.05) is 19.2 Å². The number of carbonyl (C=O) groups is 1. The van der Waals surface area contributed by atoms with Gasteiger partial charge in [-0.3, -0.25) is 4.79 Å². The molecule has 1 aliphatic rings. The summed E-state index contributed by atoms with van der Waals surface area (Å²) in [7, 11) is 1.57. The van der Waals surface area contributed by atoms with Crippen molar-refractivity contribution in [3.05, 3.63) is 66.0 Å². The van der Waals surface area contributed by atoms with Gasteiger partial charge in [0.15, 0.2) is 11.5 Å². The highest BCUT2D eigenvalue weighted by molar-refractivity contribution is 5.91. The fourth-order valence-corrected chi connectivity index (χ4v) is 2.88. The Morgan fingerprint density at radius 3 is 2.86 bits per heavy atom. The number of carbonyl (C=O) groups excluding carboxylic acids is 1. The normalized spacial score (nSPS) is 11.8. The second-order valence-corrected chi connectivity index (χ2v) is 6.25. The van der Waals surface area contributed by atoms with Gasteiger partial charge in [0, 0.05) is 11.6 Å². The number of amides is 1. The molecule has 0 saturated heterocycles. The van der Waals surface area contributed by atoms with Crippen molar-refractivity contribution in [3.8, 4) is 23.1 Å². The minimum Gasteiger partial charge on any atom is -0.496 e. The minimum absolute atomic E-state index is 0.168. The largest absolute Gasteiger partial charge is 0.496 e. The first-order valence-corrected chi connectivity index (χ1v) is 8.96. The summed E-state index contributed by atoms with van der Waals surface area (Å²) in [5.41, 5.74) is 1.70. The molecule has 8 heteroatoms. The minimum atomic E-state index is -0.213. The van der Waals surface area contributed by atoms with E-state index in [0.29, 0.717) is 29.8 Å². The maximum absolute atomic E-state index is 12.4. The molecule has 1 aliphatic heterocycles. The van der Waals surface area contributed by atoms with E-state index in [1.165, 1.54) is 6.33 Å². The van der Waals surface area contributed by atoms with Gasteiger partial charge in [-0.05, 0) is 23.8 Å². The van der Waals surface area contributed by atoms with E-state index in [4.69, 9.17) is 18.9 Å². The van der Waals surface area contributed by atoms with Crippen LogP contribution in [0.2, 0.25) is 0 Å². The van der Waals surface area contributed by atoms with Gasteiger partial charge in [-0.2, -0.15) is 0 Å². The molecule has 1 aromatic heterocycles. The topological polar surface area (TPSA) is 91.8 Å². The Hall–Kier alpha value is -3.81. The summed E-state index contributed by atoms with van der Waals surface area (Å²) in [6.07, 6.45) is 1.51. The molecular weight excluding hydrogens is 374 g/mol. The lowest BCUT2D eigenvalue weighted by Gasteiger charge is -2.10. The van der Waals surface area contributed by atoms with Crippen LogP contribution in [-0.4, -0.2) is 29.8 Å². The molecular formula is C21H19N3O5. The zero-order valence-corrected chi connectivity index (χ0v) is 15.8. The SMILES string of the molecule is COc1ccccc1CC(=O)Nc1cc(OCc2ccc3c(c2)OCO3)ncn1. The van der Waals surface area contributed by atoms with Crippen LogP contribution in [0.3, 0.4) is 0 Å². The molecule has 1 N–H and O–H groups in total. The van der Waals surface area contributed by atoms with Gasteiger partial charge in [0.2, 0.25) is 18.6 Å². The lowest BCUT2D eigenvalue weighted by molar-refractivity contribution is -0.115. The summed E-state index contributed by atoms with van der Waals surface area (Å²) in [6.45, 7) is 0.520. The number of benzene rings is 2. The molecule has 0 spiro atoms. The predicted molar refractivity (Wildman–Crippen MR) is 104 cm³/mol. The van der Waals surface area contributed by atoms with Crippen LogP contribution in [0.1, 0.15) is 11.1 Å². The number of ether oxygens (including phenoxy) is 4. The molecule has 8 nitrogen and oxygen atoms in total. The molecule has 0 unspecified atom stereocenters. The molecule has 0 saturated carbocycles. The van der Waals surface area contributed by atoms with Gasteiger partial charge in [-0.1, -0.05) is 24.3 Å². The maximum atomic E-state index is 12.4. The fraction of sp³-hybridized carbons (Fsp3) is 0.190. The summed E-state index contributed by atoms with van der Waals surface area (Å²) in [5, 5.41) is 2.75. The molecule has 4 rings (SSSR count). The van der Waals surface area contributed by atoms with Crippen LogP contribution < -0.4 is 24.3 Å². The van der Waals surface area contributed by atoms with Crippen LogP contribution in [0.5, 0.6) is 23.1 Å². The Morgan fingerprint density at radius 2 is 1.97 bits per heavy atom. The number of hydrogen-bond donors (Lipinski definition) is 1. The third kappa shape index (κ3) is 4.55. The van der Waals surface area contributed by atoms with Crippen LogP contribution in [0, 0.1) is 0 Å². The second-order valence-electron chi connectivity index (χ2n) is 6.25. The molecule has 0 fully saturated rings. The molecule has 0 atom stereocenters. The Balaban J connectivity index is 1.36. The summed E-state index contributed by atoms with van der Waals surface area (Å²) < 4.78 is 21.6. The summed E-state index contributed by atoms with van der Waals surface area (Å²) in [5.74, 6) is 2.58. The average molecular weight is 393 g/mol. The summed E-state index contributed by atoms with van der Waals surface area (Å²) in [6, 6.07) is 14.5. The number of hydrogen-bond acceptors (Lipinski definition) is 7. The Morgan fingerprint density at radius 1 is 1.10 bits per heavy atom. The first kappa shape index (κ1) is 18.5. The third-order valence-corrected chi connectivity index (χ3v) is 4.28. The molecule has 0 aliphatic carbocycles. The number of fused-ring (bicyclic) bond motifs is 1. The van der Waals surface area contributed by atoms with Crippen molar-refractivity contribution in [1.82, 2.24) is 9.97 Å². The highest BCUT2D eigenvalue weighted by Gasteiger charge is 2.14. The molecule has 3 aromatic rings. The van der Waals surface area contributed by atoms with Crippen molar-refractivity contribution < 1.29 is 23.7 Å². The Kier molecular flexibility index (Phi) is 5.42. The number of aromatic nitrogens is 2. The fourth-order valence-electron chi connectivity index (χ4n) is 2.88. The van der Waals surface area contributed by atoms with Crippen LogP contribution in [-0.2, 0) is 17.8 Å². The average Bonchev–Trinajstić information content (AvgIpc) is 3.21. The number of methoxy groups -OCH3 is 1. The Labute approximate surface area is 167 Å². The van der Waals surface area contributed by atoms with Crippen molar-refractivity contribution in [3.63, 3.8) is 0 Å². The predicted octanol–water partition coefficient (Wildman–Crippen LogP) is 2.97. The number of nitrogens with one attached hydrogen (secondary N) is 1. The van der Waals surface area contributed by atoms with Gasteiger partial charge in [0.05, 0.1) is 13.5 Å². The van der Waals surface area contributed by atoms with Crippen molar-refractivity contribution in [2.24, 2.45) is 0 Å². The molecule has 0 bridgehead atoms. The highest BCUT2D eigenvalue weighted by atomic mass is 16.7.